The number of methoxy groups -OCH3 is 2. The quantitative estimate of drug-likeness (QED) is 0.391. The minimum absolute atomic E-state index is 0.0795. The number of imide groups is 1. The van der Waals surface area contributed by atoms with E-state index in [1.165, 1.54) is 19.1 Å². The van der Waals surface area contributed by atoms with Gasteiger partial charge >= 0.3 is 5.97 Å². The summed E-state index contributed by atoms with van der Waals surface area (Å²) in [6.07, 6.45) is 1.73. The number of carboxylic acid groups (broad SMARTS) is 1. The van der Waals surface area contributed by atoms with Crippen LogP contribution in [0.1, 0.15) is 12.0 Å². The Kier molecular flexibility index (Phi) is 8.06. The summed E-state index contributed by atoms with van der Waals surface area (Å²) in [7, 11) is 3.03. The molecule has 0 saturated carbocycles. The second kappa shape index (κ2) is 11.0. The zero-order chi connectivity index (χ0) is 24.8. The summed E-state index contributed by atoms with van der Waals surface area (Å²) in [4.78, 5) is 52.0. The van der Waals surface area contributed by atoms with Crippen LogP contribution in [0.5, 0.6) is 11.5 Å². The van der Waals surface area contributed by atoms with Gasteiger partial charge in [-0.05, 0) is 48.4 Å². The number of nitrogens with zero attached hydrogens (tertiary/aromatic N) is 2. The van der Waals surface area contributed by atoms with Crippen LogP contribution in [0.15, 0.2) is 59.1 Å². The molecule has 3 rings (SSSR count). The van der Waals surface area contributed by atoms with Gasteiger partial charge in [0.2, 0.25) is 11.8 Å². The molecule has 0 unspecified atom stereocenters. The average Bonchev–Trinajstić information content (AvgIpc) is 3.11. The first-order valence-electron chi connectivity index (χ1n) is 10.3. The molecule has 1 saturated heterocycles. The lowest BCUT2D eigenvalue weighted by molar-refractivity contribution is -0.135. The first kappa shape index (κ1) is 25.0. The Bertz CT molecular complexity index is 1130. The maximum atomic E-state index is 13.2. The molecule has 178 valence electrons. The molecular formula is C24H23BrN2O7. The molecule has 1 fully saturated rings. The number of halogens is 1. The van der Waals surface area contributed by atoms with E-state index in [1.54, 1.807) is 42.5 Å². The van der Waals surface area contributed by atoms with E-state index in [2.05, 4.69) is 15.9 Å². The lowest BCUT2D eigenvalue weighted by Crippen LogP contribution is -2.46. The van der Waals surface area contributed by atoms with Gasteiger partial charge in [-0.2, -0.15) is 0 Å². The van der Waals surface area contributed by atoms with E-state index in [9.17, 15) is 19.2 Å². The maximum Gasteiger partial charge on any atom is 0.328 e. The molecule has 9 nitrogen and oxygen atoms in total. The predicted molar refractivity (Wildman–Crippen MR) is 127 cm³/mol. The van der Waals surface area contributed by atoms with Crippen molar-refractivity contribution in [3.63, 3.8) is 0 Å². The van der Waals surface area contributed by atoms with E-state index in [0.717, 1.165) is 21.0 Å². The van der Waals surface area contributed by atoms with Crippen molar-refractivity contribution in [3.05, 3.63) is 64.7 Å². The standard InChI is InChI=1S/C24H23BrN2O7/c1-33-19-8-3-15(13-20(19)34-2)11-12-26(21(28)9-10-23(30)31)18-14-22(29)27(24(18)32)17-6-4-16(25)5-7-17/h3-10,13,18H,11-12,14H2,1-2H3,(H,30,31)/b10-9+/t18-/m1/s1. The Morgan fingerprint density at radius 3 is 2.38 bits per heavy atom. The number of rotatable bonds is 9. The highest BCUT2D eigenvalue weighted by Crippen LogP contribution is 2.29. The first-order chi connectivity index (χ1) is 16.2. The fourth-order valence-corrected chi connectivity index (χ4v) is 3.93. The number of anilines is 1. The largest absolute Gasteiger partial charge is 0.493 e. The van der Waals surface area contributed by atoms with Crippen LogP contribution in [-0.4, -0.2) is 60.5 Å². The monoisotopic (exact) mass is 530 g/mol. The van der Waals surface area contributed by atoms with Crippen LogP contribution in [0.2, 0.25) is 0 Å². The number of carbonyl (C=O) groups is 4. The van der Waals surface area contributed by atoms with Crippen LogP contribution < -0.4 is 14.4 Å². The number of carbonyl (C=O) groups excluding carboxylic acids is 3. The molecule has 2 aromatic carbocycles. The molecular weight excluding hydrogens is 508 g/mol. The second-order valence-corrected chi connectivity index (χ2v) is 8.32. The summed E-state index contributed by atoms with van der Waals surface area (Å²) >= 11 is 3.32. The smallest absolute Gasteiger partial charge is 0.328 e. The summed E-state index contributed by atoms with van der Waals surface area (Å²) in [5.74, 6) is -1.90. The highest BCUT2D eigenvalue weighted by atomic mass is 79.9. The number of ether oxygens (including phenoxy) is 2. The van der Waals surface area contributed by atoms with E-state index >= 15 is 0 Å². The number of benzene rings is 2. The normalized spacial score (nSPS) is 15.6. The van der Waals surface area contributed by atoms with E-state index in [1.807, 2.05) is 0 Å². The zero-order valence-electron chi connectivity index (χ0n) is 18.6. The van der Waals surface area contributed by atoms with Crippen LogP contribution in [0, 0.1) is 0 Å². The topological polar surface area (TPSA) is 113 Å². The van der Waals surface area contributed by atoms with Crippen LogP contribution in [0.4, 0.5) is 5.69 Å². The van der Waals surface area contributed by atoms with Gasteiger partial charge in [0.25, 0.3) is 5.91 Å². The third-order valence-electron chi connectivity index (χ3n) is 5.32. The van der Waals surface area contributed by atoms with Crippen molar-refractivity contribution in [3.8, 4) is 11.5 Å². The van der Waals surface area contributed by atoms with Crippen LogP contribution in [0.25, 0.3) is 0 Å². The minimum atomic E-state index is -1.29. The predicted octanol–water partition coefficient (Wildman–Crippen LogP) is 2.81. The molecule has 10 heteroatoms. The van der Waals surface area contributed by atoms with E-state index in [4.69, 9.17) is 14.6 Å². The molecule has 1 N–H and O–H groups in total. The number of amides is 3. The van der Waals surface area contributed by atoms with Gasteiger partial charge in [0, 0.05) is 23.2 Å². The number of hydrogen-bond donors (Lipinski definition) is 1. The summed E-state index contributed by atoms with van der Waals surface area (Å²) in [6, 6.07) is 10.9. The van der Waals surface area contributed by atoms with Crippen molar-refractivity contribution in [2.75, 3.05) is 25.7 Å². The lowest BCUT2D eigenvalue weighted by atomic mass is 10.1. The van der Waals surface area contributed by atoms with Crippen molar-refractivity contribution in [1.82, 2.24) is 4.90 Å². The Morgan fingerprint density at radius 2 is 1.76 bits per heavy atom. The van der Waals surface area contributed by atoms with Crippen molar-refractivity contribution in [2.45, 2.75) is 18.9 Å². The molecule has 3 amide bonds. The van der Waals surface area contributed by atoms with Crippen LogP contribution >= 0.6 is 15.9 Å². The molecule has 0 aromatic heterocycles. The van der Waals surface area contributed by atoms with Crippen molar-refractivity contribution in [1.29, 1.82) is 0 Å². The number of hydrogen-bond acceptors (Lipinski definition) is 6. The summed E-state index contributed by atoms with van der Waals surface area (Å²) in [5, 5.41) is 8.92. The summed E-state index contributed by atoms with van der Waals surface area (Å²) in [5.41, 5.74) is 1.20. The van der Waals surface area contributed by atoms with Gasteiger partial charge in [-0.1, -0.05) is 22.0 Å². The highest BCUT2D eigenvalue weighted by Gasteiger charge is 2.43. The SMILES string of the molecule is COc1ccc(CCN(C(=O)/C=C/C(=O)O)[C@@H]2CC(=O)N(c3ccc(Br)cc3)C2=O)cc1OC. The molecule has 0 radical (unpaired) electrons. The molecule has 1 aliphatic rings. The van der Waals surface area contributed by atoms with E-state index in [0.29, 0.717) is 29.7 Å². The number of aliphatic carboxylic acids is 1. The molecule has 2 aromatic rings. The fourth-order valence-electron chi connectivity index (χ4n) is 3.66. The van der Waals surface area contributed by atoms with Crippen LogP contribution in [-0.2, 0) is 25.6 Å². The Hall–Kier alpha value is -3.66. The molecule has 1 heterocycles. The van der Waals surface area contributed by atoms with Crippen molar-refractivity contribution >= 4 is 45.3 Å². The second-order valence-electron chi connectivity index (χ2n) is 7.41. The first-order valence-corrected chi connectivity index (χ1v) is 11.1. The molecule has 0 aliphatic carbocycles. The van der Waals surface area contributed by atoms with Gasteiger partial charge in [-0.3, -0.25) is 14.4 Å². The van der Waals surface area contributed by atoms with E-state index < -0.39 is 29.7 Å². The van der Waals surface area contributed by atoms with Crippen molar-refractivity contribution in [2.24, 2.45) is 0 Å². The Labute approximate surface area is 204 Å². The van der Waals surface area contributed by atoms with Gasteiger partial charge in [0.05, 0.1) is 26.3 Å². The lowest BCUT2D eigenvalue weighted by Gasteiger charge is -2.26. The molecule has 34 heavy (non-hydrogen) atoms. The third-order valence-corrected chi connectivity index (χ3v) is 5.85. The van der Waals surface area contributed by atoms with Gasteiger partial charge in [0.1, 0.15) is 6.04 Å². The molecule has 1 aliphatic heterocycles. The molecule has 1 atom stereocenters. The molecule has 0 spiro atoms. The van der Waals surface area contributed by atoms with Gasteiger partial charge in [-0.25, -0.2) is 9.69 Å². The summed E-state index contributed by atoms with van der Waals surface area (Å²) in [6.45, 7) is 0.0795. The van der Waals surface area contributed by atoms with Gasteiger partial charge < -0.3 is 19.5 Å². The molecule has 0 bridgehead atoms. The van der Waals surface area contributed by atoms with Crippen molar-refractivity contribution < 1.29 is 33.8 Å². The Balaban J connectivity index is 1.86. The van der Waals surface area contributed by atoms with Gasteiger partial charge in [0.15, 0.2) is 11.5 Å². The van der Waals surface area contributed by atoms with E-state index in [-0.39, 0.29) is 13.0 Å². The minimum Gasteiger partial charge on any atom is -0.493 e. The third kappa shape index (κ3) is 5.63. The zero-order valence-corrected chi connectivity index (χ0v) is 20.1. The summed E-state index contributed by atoms with van der Waals surface area (Å²) < 4.78 is 11.3. The number of carboxylic acids is 1. The fraction of sp³-hybridized carbons (Fsp3) is 0.250. The highest BCUT2D eigenvalue weighted by molar-refractivity contribution is 9.10. The average molecular weight is 531 g/mol. The Morgan fingerprint density at radius 1 is 1.09 bits per heavy atom. The van der Waals surface area contributed by atoms with Crippen LogP contribution in [0.3, 0.4) is 0 Å². The van der Waals surface area contributed by atoms with Gasteiger partial charge in [-0.15, -0.1) is 0 Å². The maximum absolute atomic E-state index is 13.2.